The zero-order valence-electron chi connectivity index (χ0n) is 11.1. The molecule has 0 saturated carbocycles. The van der Waals surface area contributed by atoms with Crippen molar-refractivity contribution in [3.05, 3.63) is 36.0 Å². The molecule has 0 fully saturated rings. The molecular formula is C14H18N2O3. The molecule has 0 aliphatic rings. The fraction of sp³-hybridized carbons (Fsp3) is 0.357. The maximum atomic E-state index is 12.1. The van der Waals surface area contributed by atoms with Crippen LogP contribution in [0, 0.1) is 0 Å². The highest BCUT2D eigenvalue weighted by Gasteiger charge is 2.12. The van der Waals surface area contributed by atoms with Crippen LogP contribution in [0.5, 0.6) is 0 Å². The summed E-state index contributed by atoms with van der Waals surface area (Å²) in [6.07, 6.45) is 2.05. The Morgan fingerprint density at radius 3 is 2.79 bits per heavy atom. The molecule has 1 aromatic carbocycles. The third-order valence-electron chi connectivity index (χ3n) is 3.03. The number of aromatic nitrogens is 1. The zero-order valence-corrected chi connectivity index (χ0v) is 11.1. The second kappa shape index (κ2) is 6.36. The number of aromatic amines is 1. The number of rotatable bonds is 6. The number of carbonyl (C=O) groups is 1. The highest BCUT2D eigenvalue weighted by molar-refractivity contribution is 6.06. The number of ether oxygens (including phenoxy) is 2. The molecule has 2 aromatic rings. The van der Waals surface area contributed by atoms with E-state index in [2.05, 4.69) is 10.3 Å². The summed E-state index contributed by atoms with van der Waals surface area (Å²) in [5, 5.41) is 3.78. The topological polar surface area (TPSA) is 63.3 Å². The van der Waals surface area contributed by atoms with Crippen LogP contribution in [0.1, 0.15) is 16.8 Å². The molecule has 0 atom stereocenters. The lowest BCUT2D eigenvalue weighted by molar-refractivity contribution is -0.105. The van der Waals surface area contributed by atoms with Gasteiger partial charge in [-0.15, -0.1) is 0 Å². The molecule has 0 radical (unpaired) electrons. The van der Waals surface area contributed by atoms with Gasteiger partial charge in [0.25, 0.3) is 5.91 Å². The molecule has 5 heteroatoms. The van der Waals surface area contributed by atoms with Gasteiger partial charge in [0.15, 0.2) is 6.29 Å². The van der Waals surface area contributed by atoms with Crippen LogP contribution >= 0.6 is 0 Å². The number of hydrogen-bond donors (Lipinski definition) is 2. The van der Waals surface area contributed by atoms with Gasteiger partial charge >= 0.3 is 0 Å². The first-order valence-corrected chi connectivity index (χ1v) is 6.16. The first-order valence-electron chi connectivity index (χ1n) is 6.16. The van der Waals surface area contributed by atoms with E-state index >= 15 is 0 Å². The van der Waals surface area contributed by atoms with Gasteiger partial charge in [-0.2, -0.15) is 0 Å². The monoisotopic (exact) mass is 262 g/mol. The minimum Gasteiger partial charge on any atom is -0.360 e. The van der Waals surface area contributed by atoms with Crippen molar-refractivity contribution in [1.82, 2.24) is 10.3 Å². The van der Waals surface area contributed by atoms with Gasteiger partial charge in [0.1, 0.15) is 0 Å². The molecule has 0 unspecified atom stereocenters. The molecule has 0 bridgehead atoms. The van der Waals surface area contributed by atoms with E-state index in [-0.39, 0.29) is 12.2 Å². The molecular weight excluding hydrogens is 244 g/mol. The molecule has 2 rings (SSSR count). The Hall–Kier alpha value is -1.85. The van der Waals surface area contributed by atoms with Gasteiger partial charge in [0.05, 0.1) is 5.56 Å². The fourth-order valence-corrected chi connectivity index (χ4v) is 1.99. The Morgan fingerprint density at radius 2 is 2.05 bits per heavy atom. The lowest BCUT2D eigenvalue weighted by Crippen LogP contribution is -2.28. The van der Waals surface area contributed by atoms with Crippen LogP contribution < -0.4 is 5.32 Å². The van der Waals surface area contributed by atoms with Gasteiger partial charge in [-0.1, -0.05) is 18.2 Å². The highest BCUT2D eigenvalue weighted by atomic mass is 16.7. The molecule has 0 saturated heterocycles. The van der Waals surface area contributed by atoms with E-state index in [0.717, 1.165) is 10.9 Å². The van der Waals surface area contributed by atoms with Gasteiger partial charge in [0, 0.05) is 44.3 Å². The average Bonchev–Trinajstić information content (AvgIpc) is 2.87. The zero-order chi connectivity index (χ0) is 13.7. The van der Waals surface area contributed by atoms with E-state index in [9.17, 15) is 4.79 Å². The van der Waals surface area contributed by atoms with Gasteiger partial charge in [-0.3, -0.25) is 4.79 Å². The van der Waals surface area contributed by atoms with Gasteiger partial charge in [0.2, 0.25) is 0 Å². The predicted molar refractivity (Wildman–Crippen MR) is 73.1 cm³/mol. The Morgan fingerprint density at radius 1 is 1.32 bits per heavy atom. The van der Waals surface area contributed by atoms with Crippen LogP contribution in [0.4, 0.5) is 0 Å². The second-order valence-corrected chi connectivity index (χ2v) is 4.19. The van der Waals surface area contributed by atoms with E-state index < -0.39 is 0 Å². The molecule has 5 nitrogen and oxygen atoms in total. The number of hydrogen-bond acceptors (Lipinski definition) is 3. The maximum absolute atomic E-state index is 12.1. The summed E-state index contributed by atoms with van der Waals surface area (Å²) in [7, 11) is 3.16. The van der Waals surface area contributed by atoms with Crippen LogP contribution in [0.2, 0.25) is 0 Å². The third kappa shape index (κ3) is 3.13. The van der Waals surface area contributed by atoms with Crippen molar-refractivity contribution >= 4 is 16.8 Å². The Kier molecular flexibility index (Phi) is 4.54. The normalized spacial score (nSPS) is 11.1. The lowest BCUT2D eigenvalue weighted by atomic mass is 10.1. The summed E-state index contributed by atoms with van der Waals surface area (Å²) in [6, 6.07) is 7.72. The number of carbonyl (C=O) groups excluding carboxylic acids is 1. The largest absolute Gasteiger partial charge is 0.360 e. The number of methoxy groups -OCH3 is 2. The van der Waals surface area contributed by atoms with Crippen molar-refractivity contribution in [2.45, 2.75) is 12.7 Å². The highest BCUT2D eigenvalue weighted by Crippen LogP contribution is 2.17. The van der Waals surface area contributed by atoms with Crippen molar-refractivity contribution < 1.29 is 14.3 Å². The summed E-state index contributed by atoms with van der Waals surface area (Å²) in [4.78, 5) is 15.1. The second-order valence-electron chi connectivity index (χ2n) is 4.19. The molecule has 0 aliphatic heterocycles. The smallest absolute Gasteiger partial charge is 0.253 e. The molecule has 2 N–H and O–H groups in total. The summed E-state index contributed by atoms with van der Waals surface area (Å²) in [5.41, 5.74) is 1.61. The third-order valence-corrected chi connectivity index (χ3v) is 3.03. The van der Waals surface area contributed by atoms with Crippen LogP contribution in [0.25, 0.3) is 10.9 Å². The summed E-state index contributed by atoms with van der Waals surface area (Å²) in [5.74, 6) is -0.0941. The Bertz CT molecular complexity index is 546. The Balaban J connectivity index is 1.97. The number of benzene rings is 1. The standard InChI is InChI=1S/C14H18N2O3/c1-18-13(19-2)7-8-15-14(17)11-9-16-12-6-4-3-5-10(11)12/h3-6,9,13,16H,7-8H2,1-2H3,(H,15,17). The van der Waals surface area contributed by atoms with Crippen LogP contribution in [-0.2, 0) is 9.47 Å². The van der Waals surface area contributed by atoms with Crippen molar-refractivity contribution in [3.8, 4) is 0 Å². The minimum atomic E-state index is -0.289. The van der Waals surface area contributed by atoms with Crippen LogP contribution in [0.3, 0.4) is 0 Å². The van der Waals surface area contributed by atoms with Crippen LogP contribution in [-0.4, -0.2) is 37.9 Å². The molecule has 1 heterocycles. The summed E-state index contributed by atoms with van der Waals surface area (Å²) >= 11 is 0. The predicted octanol–water partition coefficient (Wildman–Crippen LogP) is 1.91. The molecule has 0 spiro atoms. The van der Waals surface area contributed by atoms with E-state index in [4.69, 9.17) is 9.47 Å². The fourth-order valence-electron chi connectivity index (χ4n) is 1.99. The van der Waals surface area contributed by atoms with Gasteiger partial charge in [-0.05, 0) is 6.07 Å². The van der Waals surface area contributed by atoms with Crippen molar-refractivity contribution in [2.75, 3.05) is 20.8 Å². The SMILES string of the molecule is COC(CCNC(=O)c1c[nH]c2ccccc12)OC. The number of fused-ring (bicyclic) bond motifs is 1. The maximum Gasteiger partial charge on any atom is 0.253 e. The van der Waals surface area contributed by atoms with Crippen LogP contribution in [0.15, 0.2) is 30.5 Å². The van der Waals surface area contributed by atoms with Gasteiger partial charge in [-0.25, -0.2) is 0 Å². The average molecular weight is 262 g/mol. The first-order chi connectivity index (χ1) is 9.26. The lowest BCUT2D eigenvalue weighted by Gasteiger charge is -2.13. The quantitative estimate of drug-likeness (QED) is 0.782. The molecule has 19 heavy (non-hydrogen) atoms. The van der Waals surface area contributed by atoms with Gasteiger partial charge < -0.3 is 19.8 Å². The van der Waals surface area contributed by atoms with E-state index in [1.165, 1.54) is 0 Å². The molecule has 1 amide bonds. The number of H-pyrrole nitrogens is 1. The van der Waals surface area contributed by atoms with Crippen molar-refractivity contribution in [3.63, 3.8) is 0 Å². The van der Waals surface area contributed by atoms with E-state index in [1.54, 1.807) is 20.4 Å². The molecule has 0 aliphatic carbocycles. The molecule has 102 valence electrons. The number of para-hydroxylation sites is 1. The summed E-state index contributed by atoms with van der Waals surface area (Å²) < 4.78 is 10.1. The first kappa shape index (κ1) is 13.6. The van der Waals surface area contributed by atoms with E-state index in [1.807, 2.05) is 24.3 Å². The van der Waals surface area contributed by atoms with E-state index in [0.29, 0.717) is 18.5 Å². The summed E-state index contributed by atoms with van der Waals surface area (Å²) in [6.45, 7) is 0.505. The number of nitrogens with one attached hydrogen (secondary N) is 2. The minimum absolute atomic E-state index is 0.0941. The Labute approximate surface area is 111 Å². The van der Waals surface area contributed by atoms with Crippen molar-refractivity contribution in [2.24, 2.45) is 0 Å². The van der Waals surface area contributed by atoms with Crippen molar-refractivity contribution in [1.29, 1.82) is 0 Å². The number of amides is 1. The molecule has 1 aromatic heterocycles.